The van der Waals surface area contributed by atoms with Gasteiger partial charge in [0.25, 0.3) is 0 Å². The Kier molecular flexibility index (Phi) is 2.84. The van der Waals surface area contributed by atoms with Crippen LogP contribution in [0.4, 0.5) is 5.82 Å². The van der Waals surface area contributed by atoms with E-state index in [0.29, 0.717) is 0 Å². The lowest BCUT2D eigenvalue weighted by Gasteiger charge is -2.18. The molecule has 3 rings (SSSR count). The van der Waals surface area contributed by atoms with Gasteiger partial charge in [-0.05, 0) is 24.1 Å². The molecule has 0 saturated carbocycles. The molecule has 1 aromatic heterocycles. The summed E-state index contributed by atoms with van der Waals surface area (Å²) in [5, 5.41) is 0. The number of anilines is 1. The number of rotatable bonds is 3. The highest BCUT2D eigenvalue weighted by Crippen LogP contribution is 2.26. The Bertz CT molecular complexity index is 539. The average molecular weight is 241 g/mol. The molecule has 4 heteroatoms. The third-order valence-electron chi connectivity index (χ3n) is 3.25. The van der Waals surface area contributed by atoms with Crippen LogP contribution in [-0.2, 0) is 13.0 Å². The molecule has 0 aliphatic carbocycles. The minimum Gasteiger partial charge on any atom is -0.497 e. The monoisotopic (exact) mass is 241 g/mol. The van der Waals surface area contributed by atoms with Crippen LogP contribution in [0.25, 0.3) is 0 Å². The third kappa shape index (κ3) is 2.01. The summed E-state index contributed by atoms with van der Waals surface area (Å²) in [5.74, 6) is 1.96. The van der Waals surface area contributed by atoms with Crippen LogP contribution in [0, 0.1) is 0 Å². The van der Waals surface area contributed by atoms with Crippen LogP contribution in [0.15, 0.2) is 36.8 Å². The van der Waals surface area contributed by atoms with Gasteiger partial charge in [-0.1, -0.05) is 12.1 Å². The molecule has 0 saturated heterocycles. The summed E-state index contributed by atoms with van der Waals surface area (Å²) in [6, 6.07) is 8.18. The van der Waals surface area contributed by atoms with Crippen molar-refractivity contribution >= 4 is 5.82 Å². The predicted molar refractivity (Wildman–Crippen MR) is 69.8 cm³/mol. The van der Waals surface area contributed by atoms with Gasteiger partial charge in [0, 0.05) is 24.8 Å². The molecule has 0 atom stereocenters. The van der Waals surface area contributed by atoms with Gasteiger partial charge in [-0.3, -0.25) is 0 Å². The quantitative estimate of drug-likeness (QED) is 0.824. The fourth-order valence-corrected chi connectivity index (χ4v) is 2.28. The van der Waals surface area contributed by atoms with Crippen molar-refractivity contribution in [2.45, 2.75) is 13.0 Å². The second-order valence-electron chi connectivity index (χ2n) is 4.39. The van der Waals surface area contributed by atoms with Gasteiger partial charge in [-0.15, -0.1) is 0 Å². The zero-order valence-corrected chi connectivity index (χ0v) is 10.3. The van der Waals surface area contributed by atoms with Crippen molar-refractivity contribution in [2.75, 3.05) is 18.6 Å². The summed E-state index contributed by atoms with van der Waals surface area (Å²) in [6.45, 7) is 1.90. The fourth-order valence-electron chi connectivity index (χ4n) is 2.28. The second-order valence-corrected chi connectivity index (χ2v) is 4.39. The van der Waals surface area contributed by atoms with Gasteiger partial charge < -0.3 is 9.64 Å². The molecular weight excluding hydrogens is 226 g/mol. The first-order valence-corrected chi connectivity index (χ1v) is 6.03. The maximum atomic E-state index is 5.16. The maximum absolute atomic E-state index is 5.16. The minimum atomic E-state index is 0.883. The minimum absolute atomic E-state index is 0.883. The number of aromatic nitrogens is 2. The Morgan fingerprint density at radius 1 is 1.28 bits per heavy atom. The molecule has 1 aliphatic heterocycles. The van der Waals surface area contributed by atoms with Crippen molar-refractivity contribution in [3.8, 4) is 5.75 Å². The molecular formula is C14H15N3O. The molecule has 0 bridgehead atoms. The summed E-state index contributed by atoms with van der Waals surface area (Å²) in [6.07, 6.45) is 4.56. The normalized spacial score (nSPS) is 13.5. The van der Waals surface area contributed by atoms with Crippen LogP contribution < -0.4 is 9.64 Å². The second kappa shape index (κ2) is 4.64. The van der Waals surface area contributed by atoms with Gasteiger partial charge >= 0.3 is 0 Å². The Morgan fingerprint density at radius 2 is 2.11 bits per heavy atom. The van der Waals surface area contributed by atoms with Crippen LogP contribution in [0.5, 0.6) is 5.75 Å². The Morgan fingerprint density at radius 3 is 2.89 bits per heavy atom. The molecule has 2 heterocycles. The fraction of sp³-hybridized carbons (Fsp3) is 0.286. The Balaban J connectivity index is 1.77. The first-order chi connectivity index (χ1) is 8.86. The molecule has 0 radical (unpaired) electrons. The maximum Gasteiger partial charge on any atom is 0.135 e. The van der Waals surface area contributed by atoms with E-state index in [4.69, 9.17) is 4.74 Å². The van der Waals surface area contributed by atoms with E-state index in [2.05, 4.69) is 27.0 Å². The molecule has 0 N–H and O–H groups in total. The SMILES string of the molecule is COc1ccc(CN2CCc3cncnc32)cc1. The van der Waals surface area contributed by atoms with E-state index in [9.17, 15) is 0 Å². The molecule has 0 unspecified atom stereocenters. The summed E-state index contributed by atoms with van der Waals surface area (Å²) in [4.78, 5) is 10.7. The number of hydrogen-bond donors (Lipinski definition) is 0. The van der Waals surface area contributed by atoms with E-state index in [-0.39, 0.29) is 0 Å². The van der Waals surface area contributed by atoms with Crippen molar-refractivity contribution in [1.82, 2.24) is 9.97 Å². The molecule has 2 aromatic rings. The highest BCUT2D eigenvalue weighted by Gasteiger charge is 2.20. The van der Waals surface area contributed by atoms with Crippen molar-refractivity contribution < 1.29 is 4.74 Å². The average Bonchev–Trinajstić information content (AvgIpc) is 2.83. The number of nitrogens with zero attached hydrogens (tertiary/aromatic N) is 3. The molecule has 1 aliphatic rings. The number of benzene rings is 1. The number of hydrogen-bond acceptors (Lipinski definition) is 4. The van der Waals surface area contributed by atoms with Crippen LogP contribution in [0.2, 0.25) is 0 Å². The van der Waals surface area contributed by atoms with Crippen LogP contribution in [-0.4, -0.2) is 23.6 Å². The van der Waals surface area contributed by atoms with Crippen LogP contribution in [0.1, 0.15) is 11.1 Å². The molecule has 4 nitrogen and oxygen atoms in total. The zero-order valence-electron chi connectivity index (χ0n) is 10.3. The van der Waals surface area contributed by atoms with Gasteiger partial charge in [-0.2, -0.15) is 0 Å². The molecule has 0 spiro atoms. The van der Waals surface area contributed by atoms with Crippen molar-refractivity contribution in [1.29, 1.82) is 0 Å². The van der Waals surface area contributed by atoms with E-state index < -0.39 is 0 Å². The standard InChI is InChI=1S/C14H15N3O/c1-18-13-4-2-11(3-5-13)9-17-7-6-12-8-15-10-16-14(12)17/h2-5,8,10H,6-7,9H2,1H3. The van der Waals surface area contributed by atoms with Gasteiger partial charge in [-0.25, -0.2) is 9.97 Å². The summed E-state index contributed by atoms with van der Waals surface area (Å²) in [5.41, 5.74) is 2.51. The van der Waals surface area contributed by atoms with Gasteiger partial charge in [0.15, 0.2) is 0 Å². The van der Waals surface area contributed by atoms with E-state index in [1.165, 1.54) is 11.1 Å². The lowest BCUT2D eigenvalue weighted by atomic mass is 10.2. The molecule has 18 heavy (non-hydrogen) atoms. The van der Waals surface area contributed by atoms with E-state index in [1.54, 1.807) is 13.4 Å². The first-order valence-electron chi connectivity index (χ1n) is 6.03. The summed E-state index contributed by atoms with van der Waals surface area (Å²) in [7, 11) is 1.68. The van der Waals surface area contributed by atoms with E-state index >= 15 is 0 Å². The number of ether oxygens (including phenoxy) is 1. The number of methoxy groups -OCH3 is 1. The largest absolute Gasteiger partial charge is 0.497 e. The van der Waals surface area contributed by atoms with Gasteiger partial charge in [0.2, 0.25) is 0 Å². The molecule has 92 valence electrons. The Labute approximate surface area is 106 Å². The molecule has 0 amide bonds. The van der Waals surface area contributed by atoms with Crippen molar-refractivity contribution in [3.05, 3.63) is 47.9 Å². The first kappa shape index (κ1) is 11.0. The third-order valence-corrected chi connectivity index (χ3v) is 3.25. The van der Waals surface area contributed by atoms with Crippen LogP contribution in [0.3, 0.4) is 0 Å². The number of fused-ring (bicyclic) bond motifs is 1. The Hall–Kier alpha value is -2.10. The van der Waals surface area contributed by atoms with Crippen molar-refractivity contribution in [3.63, 3.8) is 0 Å². The van der Waals surface area contributed by atoms with Crippen LogP contribution >= 0.6 is 0 Å². The highest BCUT2D eigenvalue weighted by molar-refractivity contribution is 5.51. The zero-order chi connectivity index (χ0) is 12.4. The van der Waals surface area contributed by atoms with E-state index in [1.807, 2.05) is 18.3 Å². The lowest BCUT2D eigenvalue weighted by Crippen LogP contribution is -2.20. The highest BCUT2D eigenvalue weighted by atomic mass is 16.5. The van der Waals surface area contributed by atoms with Crippen molar-refractivity contribution in [2.24, 2.45) is 0 Å². The smallest absolute Gasteiger partial charge is 0.135 e. The molecule has 0 fully saturated rings. The van der Waals surface area contributed by atoms with Gasteiger partial charge in [0.1, 0.15) is 17.9 Å². The predicted octanol–water partition coefficient (Wildman–Crippen LogP) is 2.05. The molecule has 1 aromatic carbocycles. The summed E-state index contributed by atoms with van der Waals surface area (Å²) < 4.78 is 5.16. The topological polar surface area (TPSA) is 38.2 Å². The lowest BCUT2D eigenvalue weighted by molar-refractivity contribution is 0.414. The van der Waals surface area contributed by atoms with E-state index in [0.717, 1.165) is 31.1 Å². The summed E-state index contributed by atoms with van der Waals surface area (Å²) >= 11 is 0. The van der Waals surface area contributed by atoms with Gasteiger partial charge in [0.05, 0.1) is 7.11 Å².